The summed E-state index contributed by atoms with van der Waals surface area (Å²) < 4.78 is 0. The fourth-order valence-corrected chi connectivity index (χ4v) is 7.27. The molecule has 0 atom stereocenters. The molecule has 0 aromatic carbocycles. The monoisotopic (exact) mass is 326 g/mol. The molecule has 1 aliphatic rings. The number of halogens is 1. The molecule has 0 saturated heterocycles. The van der Waals surface area contributed by atoms with Crippen molar-refractivity contribution < 1.29 is 0 Å². The van der Waals surface area contributed by atoms with Crippen molar-refractivity contribution in [1.82, 2.24) is 0 Å². The zero-order valence-electron chi connectivity index (χ0n) is 15.8. The molecule has 122 valence electrons. The Morgan fingerprint density at radius 2 is 0.952 bits per heavy atom. The van der Waals surface area contributed by atoms with E-state index in [0.29, 0.717) is 29.2 Å². The summed E-state index contributed by atoms with van der Waals surface area (Å²) in [6.45, 7) is 23.5. The summed E-state index contributed by atoms with van der Waals surface area (Å²) in [6.07, 6.45) is 0. The molecule has 0 aromatic rings. The Bertz CT molecular complexity index is 409. The highest BCUT2D eigenvalue weighted by Gasteiger charge is 2.45. The SMILES string of the molecule is CC(C)C1=C(C(C)C)C([Si](C)(C)Cl)C(C(C)C)=C1C(C)C. The third-order valence-electron chi connectivity index (χ3n) is 4.62. The standard InChI is InChI=1S/C19H35ClSi/c1-11(2)15-16(12(3)4)18(14(7)8)19(21(9,10)20)17(15)13(5)6/h11-14,19H,1-10H3. The van der Waals surface area contributed by atoms with E-state index in [0.717, 1.165) is 0 Å². The summed E-state index contributed by atoms with van der Waals surface area (Å²) in [5.74, 6) is 2.35. The topological polar surface area (TPSA) is 0 Å². The summed E-state index contributed by atoms with van der Waals surface area (Å²) in [6, 6.07) is 0. The van der Waals surface area contributed by atoms with Crippen LogP contribution in [0.2, 0.25) is 18.6 Å². The Kier molecular flexibility index (Phi) is 6.00. The van der Waals surface area contributed by atoms with Gasteiger partial charge in [-0.05, 0) is 34.8 Å². The van der Waals surface area contributed by atoms with Crippen LogP contribution >= 0.6 is 11.1 Å². The molecular formula is C19H35ClSi. The summed E-state index contributed by atoms with van der Waals surface area (Å²) in [5, 5.41) is 0. The van der Waals surface area contributed by atoms with E-state index < -0.39 is 7.38 Å². The largest absolute Gasteiger partial charge is 0.167 e. The van der Waals surface area contributed by atoms with Gasteiger partial charge in [0.05, 0.1) is 0 Å². The minimum Gasteiger partial charge on any atom is -0.167 e. The molecule has 21 heavy (non-hydrogen) atoms. The van der Waals surface area contributed by atoms with E-state index in [1.807, 2.05) is 0 Å². The van der Waals surface area contributed by atoms with Crippen LogP contribution in [0, 0.1) is 23.7 Å². The van der Waals surface area contributed by atoms with Gasteiger partial charge in [0.15, 0.2) is 7.38 Å². The molecule has 1 rings (SSSR count). The second-order valence-electron chi connectivity index (χ2n) is 8.35. The van der Waals surface area contributed by atoms with Gasteiger partial charge in [0.25, 0.3) is 0 Å². The average Bonchev–Trinajstić information content (AvgIpc) is 2.63. The van der Waals surface area contributed by atoms with Crippen molar-refractivity contribution in [2.24, 2.45) is 23.7 Å². The molecule has 2 heteroatoms. The van der Waals surface area contributed by atoms with Crippen molar-refractivity contribution >= 4 is 18.5 Å². The Balaban J connectivity index is 3.72. The van der Waals surface area contributed by atoms with Crippen LogP contribution in [-0.2, 0) is 0 Å². The number of hydrogen-bond donors (Lipinski definition) is 0. The summed E-state index contributed by atoms with van der Waals surface area (Å²) in [4.78, 5) is 0. The molecule has 0 saturated carbocycles. The lowest BCUT2D eigenvalue weighted by molar-refractivity contribution is 0.669. The predicted molar refractivity (Wildman–Crippen MR) is 100 cm³/mol. The Hall–Kier alpha value is -0.0131. The maximum atomic E-state index is 7.03. The van der Waals surface area contributed by atoms with Crippen molar-refractivity contribution in [1.29, 1.82) is 0 Å². The first-order valence-corrected chi connectivity index (χ1v) is 12.7. The molecule has 0 N–H and O–H groups in total. The molecule has 1 aliphatic carbocycles. The quantitative estimate of drug-likeness (QED) is 0.375. The van der Waals surface area contributed by atoms with Gasteiger partial charge in [-0.25, -0.2) is 0 Å². The second-order valence-corrected chi connectivity index (χ2v) is 15.0. The molecule has 0 nitrogen and oxygen atoms in total. The van der Waals surface area contributed by atoms with Crippen LogP contribution in [0.15, 0.2) is 22.3 Å². The predicted octanol–water partition coefficient (Wildman–Crippen LogP) is 7.03. The number of allylic oxidation sites excluding steroid dienone is 4. The molecule has 0 heterocycles. The number of hydrogen-bond acceptors (Lipinski definition) is 0. The van der Waals surface area contributed by atoms with E-state index in [1.165, 1.54) is 0 Å². The van der Waals surface area contributed by atoms with E-state index in [9.17, 15) is 0 Å². The van der Waals surface area contributed by atoms with E-state index in [2.05, 4.69) is 68.5 Å². The minimum atomic E-state index is -1.79. The lowest BCUT2D eigenvalue weighted by Crippen LogP contribution is -2.30. The molecule has 0 radical (unpaired) electrons. The maximum absolute atomic E-state index is 7.03. The first-order chi connectivity index (χ1) is 9.41. The van der Waals surface area contributed by atoms with Gasteiger partial charge in [-0.3, -0.25) is 0 Å². The first kappa shape index (κ1) is 19.0. The molecule has 0 unspecified atom stereocenters. The van der Waals surface area contributed by atoms with Crippen LogP contribution in [-0.4, -0.2) is 7.38 Å². The van der Waals surface area contributed by atoms with Gasteiger partial charge in [0.2, 0.25) is 0 Å². The Labute approximate surface area is 138 Å². The molecule has 0 bridgehead atoms. The van der Waals surface area contributed by atoms with Crippen LogP contribution in [0.4, 0.5) is 0 Å². The lowest BCUT2D eigenvalue weighted by atomic mass is 9.84. The van der Waals surface area contributed by atoms with Crippen LogP contribution in [0.3, 0.4) is 0 Å². The van der Waals surface area contributed by atoms with Crippen molar-refractivity contribution in [3.8, 4) is 0 Å². The van der Waals surface area contributed by atoms with E-state index in [1.54, 1.807) is 22.3 Å². The van der Waals surface area contributed by atoms with Gasteiger partial charge in [-0.2, -0.15) is 11.1 Å². The minimum absolute atomic E-state index is 0.522. The van der Waals surface area contributed by atoms with Gasteiger partial charge < -0.3 is 0 Å². The van der Waals surface area contributed by atoms with Crippen molar-refractivity contribution in [3.63, 3.8) is 0 Å². The molecule has 0 aliphatic heterocycles. The first-order valence-electron chi connectivity index (χ1n) is 8.58. The van der Waals surface area contributed by atoms with Gasteiger partial charge in [0, 0.05) is 5.54 Å². The van der Waals surface area contributed by atoms with E-state index in [4.69, 9.17) is 11.1 Å². The molecule has 0 amide bonds. The number of rotatable bonds is 5. The van der Waals surface area contributed by atoms with Gasteiger partial charge in [-0.15, -0.1) is 0 Å². The fraction of sp³-hybridized carbons (Fsp3) is 0.789. The highest BCUT2D eigenvalue weighted by molar-refractivity contribution is 7.20. The van der Waals surface area contributed by atoms with Gasteiger partial charge in [0.1, 0.15) is 0 Å². The van der Waals surface area contributed by atoms with Crippen LogP contribution in [0.25, 0.3) is 0 Å². The molecule has 0 aromatic heterocycles. The molecule has 0 spiro atoms. The van der Waals surface area contributed by atoms with E-state index in [-0.39, 0.29) is 0 Å². The van der Waals surface area contributed by atoms with Crippen LogP contribution in [0.5, 0.6) is 0 Å². The Morgan fingerprint density at radius 1 is 0.667 bits per heavy atom. The fourth-order valence-electron chi connectivity index (χ4n) is 4.11. The van der Waals surface area contributed by atoms with Crippen LogP contribution in [0.1, 0.15) is 55.4 Å². The van der Waals surface area contributed by atoms with Crippen molar-refractivity contribution in [3.05, 3.63) is 22.3 Å². The summed E-state index contributed by atoms with van der Waals surface area (Å²) in [7, 11) is -1.79. The van der Waals surface area contributed by atoms with Crippen molar-refractivity contribution in [2.75, 3.05) is 0 Å². The highest BCUT2D eigenvalue weighted by Crippen LogP contribution is 2.56. The molecular weight excluding hydrogens is 292 g/mol. The molecule has 0 fully saturated rings. The second kappa shape index (κ2) is 6.62. The van der Waals surface area contributed by atoms with Gasteiger partial charge >= 0.3 is 0 Å². The smallest absolute Gasteiger partial charge is 0.161 e. The van der Waals surface area contributed by atoms with Crippen molar-refractivity contribution in [2.45, 2.75) is 74.0 Å². The average molecular weight is 327 g/mol. The Morgan fingerprint density at radius 3 is 1.10 bits per heavy atom. The third kappa shape index (κ3) is 3.67. The zero-order chi connectivity index (χ0) is 16.7. The van der Waals surface area contributed by atoms with Gasteiger partial charge in [-0.1, -0.05) is 79.6 Å². The zero-order valence-corrected chi connectivity index (χ0v) is 17.5. The summed E-state index contributed by atoms with van der Waals surface area (Å²) in [5.41, 5.74) is 7.10. The highest BCUT2D eigenvalue weighted by atomic mass is 35.6. The lowest BCUT2D eigenvalue weighted by Gasteiger charge is -2.32. The maximum Gasteiger partial charge on any atom is 0.161 e. The van der Waals surface area contributed by atoms with Crippen LogP contribution < -0.4 is 0 Å². The third-order valence-corrected chi connectivity index (χ3v) is 7.27. The van der Waals surface area contributed by atoms with E-state index >= 15 is 0 Å². The summed E-state index contributed by atoms with van der Waals surface area (Å²) >= 11 is 7.03. The normalized spacial score (nSPS) is 18.4.